The average molecular weight is 271 g/mol. The smallest absolute Gasteiger partial charge is 0.122 e. The lowest BCUT2D eigenvalue weighted by Crippen LogP contribution is -2.09. The molecule has 0 bridgehead atoms. The first-order chi connectivity index (χ1) is 9.06. The van der Waals surface area contributed by atoms with Crippen LogP contribution in [0.3, 0.4) is 0 Å². The summed E-state index contributed by atoms with van der Waals surface area (Å²) in [6, 6.07) is 14.0. The minimum Gasteiger partial charge on any atom is -0.489 e. The Labute approximate surface area is 119 Å². The van der Waals surface area contributed by atoms with E-state index in [1.807, 2.05) is 37.3 Å². The highest BCUT2D eigenvalue weighted by molar-refractivity contribution is 7.80. The molecular formula is C16H17NOS. The molecule has 2 N–H and O–H groups in total. The molecule has 0 aliphatic rings. The van der Waals surface area contributed by atoms with Gasteiger partial charge in [-0.15, -0.1) is 0 Å². The van der Waals surface area contributed by atoms with Crippen LogP contribution in [0.25, 0.3) is 0 Å². The van der Waals surface area contributed by atoms with Gasteiger partial charge in [-0.25, -0.2) is 0 Å². The molecule has 0 aliphatic carbocycles. The van der Waals surface area contributed by atoms with Crippen molar-refractivity contribution in [3.05, 3.63) is 64.7 Å². The summed E-state index contributed by atoms with van der Waals surface area (Å²) in [5.41, 5.74) is 9.89. The van der Waals surface area contributed by atoms with Crippen molar-refractivity contribution >= 4 is 17.2 Å². The third kappa shape index (κ3) is 3.55. The van der Waals surface area contributed by atoms with Crippen LogP contribution in [-0.2, 0) is 6.61 Å². The summed E-state index contributed by atoms with van der Waals surface area (Å²) in [5.74, 6) is 0.917. The molecule has 19 heavy (non-hydrogen) atoms. The average Bonchev–Trinajstić information content (AvgIpc) is 2.40. The van der Waals surface area contributed by atoms with E-state index in [4.69, 9.17) is 22.7 Å². The Morgan fingerprint density at radius 2 is 1.95 bits per heavy atom. The van der Waals surface area contributed by atoms with E-state index in [-0.39, 0.29) is 0 Å². The Balaban J connectivity index is 2.12. The fourth-order valence-corrected chi connectivity index (χ4v) is 1.97. The number of benzene rings is 2. The van der Waals surface area contributed by atoms with Gasteiger partial charge < -0.3 is 10.5 Å². The Morgan fingerprint density at radius 1 is 1.16 bits per heavy atom. The molecule has 0 heterocycles. The van der Waals surface area contributed by atoms with Gasteiger partial charge >= 0.3 is 0 Å². The summed E-state index contributed by atoms with van der Waals surface area (Å²) in [7, 11) is 0. The molecule has 0 spiro atoms. The maximum atomic E-state index is 5.85. The van der Waals surface area contributed by atoms with Crippen molar-refractivity contribution < 1.29 is 4.74 Å². The molecule has 0 aromatic heterocycles. The largest absolute Gasteiger partial charge is 0.489 e. The number of nitrogens with two attached hydrogens (primary N) is 1. The molecule has 0 radical (unpaired) electrons. The van der Waals surface area contributed by atoms with Gasteiger partial charge in [0.05, 0.1) is 0 Å². The van der Waals surface area contributed by atoms with E-state index < -0.39 is 0 Å². The highest BCUT2D eigenvalue weighted by Crippen LogP contribution is 2.20. The lowest BCUT2D eigenvalue weighted by molar-refractivity contribution is 0.304. The van der Waals surface area contributed by atoms with Crippen LogP contribution in [0.5, 0.6) is 5.75 Å². The fourth-order valence-electron chi connectivity index (χ4n) is 1.84. The molecule has 0 saturated heterocycles. The van der Waals surface area contributed by atoms with Crippen molar-refractivity contribution in [1.82, 2.24) is 0 Å². The van der Waals surface area contributed by atoms with E-state index in [2.05, 4.69) is 19.1 Å². The molecule has 0 unspecified atom stereocenters. The topological polar surface area (TPSA) is 35.2 Å². The number of hydrogen-bond acceptors (Lipinski definition) is 2. The Hall–Kier alpha value is -1.87. The molecule has 98 valence electrons. The predicted molar refractivity (Wildman–Crippen MR) is 82.6 cm³/mol. The van der Waals surface area contributed by atoms with E-state index in [1.54, 1.807) is 0 Å². The molecule has 2 nitrogen and oxygen atoms in total. The lowest BCUT2D eigenvalue weighted by Gasteiger charge is -2.10. The highest BCUT2D eigenvalue weighted by Gasteiger charge is 2.02. The van der Waals surface area contributed by atoms with Gasteiger partial charge in [0.2, 0.25) is 0 Å². The predicted octanol–water partition coefficient (Wildman–Crippen LogP) is 3.52. The summed E-state index contributed by atoms with van der Waals surface area (Å²) in [6.45, 7) is 4.61. The van der Waals surface area contributed by atoms with Crippen LogP contribution >= 0.6 is 12.2 Å². The van der Waals surface area contributed by atoms with Crippen LogP contribution in [-0.4, -0.2) is 4.99 Å². The minimum absolute atomic E-state index is 0.411. The van der Waals surface area contributed by atoms with Crippen molar-refractivity contribution in [2.45, 2.75) is 20.5 Å². The second kappa shape index (κ2) is 5.85. The quantitative estimate of drug-likeness (QED) is 0.864. The summed E-state index contributed by atoms with van der Waals surface area (Å²) in [4.78, 5) is 0.411. The number of aryl methyl sites for hydroxylation is 2. The van der Waals surface area contributed by atoms with E-state index >= 15 is 0 Å². The SMILES string of the molecule is Cc1ccc(C)c(OCc2cccc(C(N)=S)c2)c1. The summed E-state index contributed by atoms with van der Waals surface area (Å²) < 4.78 is 5.85. The van der Waals surface area contributed by atoms with E-state index in [0.29, 0.717) is 11.6 Å². The zero-order valence-corrected chi connectivity index (χ0v) is 12.0. The normalized spacial score (nSPS) is 10.2. The Bertz CT molecular complexity index is 607. The number of ether oxygens (including phenoxy) is 1. The standard InChI is InChI=1S/C16H17NOS/c1-11-6-7-12(2)15(8-11)18-10-13-4-3-5-14(9-13)16(17)19/h3-9H,10H2,1-2H3,(H2,17,19). The van der Waals surface area contributed by atoms with E-state index in [0.717, 1.165) is 22.4 Å². The molecule has 2 rings (SSSR count). The summed E-state index contributed by atoms with van der Waals surface area (Å²) in [5, 5.41) is 0. The van der Waals surface area contributed by atoms with Crippen molar-refractivity contribution in [2.75, 3.05) is 0 Å². The van der Waals surface area contributed by atoms with Gasteiger partial charge in [0.25, 0.3) is 0 Å². The third-order valence-electron chi connectivity index (χ3n) is 2.95. The fraction of sp³-hybridized carbons (Fsp3) is 0.188. The van der Waals surface area contributed by atoms with Crippen molar-refractivity contribution in [2.24, 2.45) is 5.73 Å². The summed E-state index contributed by atoms with van der Waals surface area (Å²) in [6.07, 6.45) is 0. The van der Waals surface area contributed by atoms with Crippen LogP contribution in [0.4, 0.5) is 0 Å². The first-order valence-electron chi connectivity index (χ1n) is 6.15. The van der Waals surface area contributed by atoms with Gasteiger partial charge in [0.15, 0.2) is 0 Å². The Morgan fingerprint density at radius 3 is 2.68 bits per heavy atom. The summed E-state index contributed by atoms with van der Waals surface area (Å²) >= 11 is 4.97. The van der Waals surface area contributed by atoms with Gasteiger partial charge in [-0.05, 0) is 42.7 Å². The molecule has 0 fully saturated rings. The van der Waals surface area contributed by atoms with Gasteiger partial charge in [0, 0.05) is 5.56 Å². The van der Waals surface area contributed by atoms with Crippen LogP contribution in [0.1, 0.15) is 22.3 Å². The first kappa shape index (κ1) is 13.6. The molecule has 0 saturated carbocycles. The molecule has 0 amide bonds. The zero-order valence-electron chi connectivity index (χ0n) is 11.1. The maximum absolute atomic E-state index is 5.85. The van der Waals surface area contributed by atoms with Crippen molar-refractivity contribution in [3.8, 4) is 5.75 Å². The molecule has 0 atom stereocenters. The monoisotopic (exact) mass is 271 g/mol. The van der Waals surface area contributed by atoms with Gasteiger partial charge in [0.1, 0.15) is 17.3 Å². The molecule has 3 heteroatoms. The van der Waals surface area contributed by atoms with Crippen molar-refractivity contribution in [3.63, 3.8) is 0 Å². The number of rotatable bonds is 4. The van der Waals surface area contributed by atoms with Gasteiger partial charge in [-0.1, -0.05) is 42.5 Å². The molecule has 2 aromatic carbocycles. The van der Waals surface area contributed by atoms with Gasteiger partial charge in [-0.3, -0.25) is 0 Å². The molecule has 0 aliphatic heterocycles. The second-order valence-electron chi connectivity index (χ2n) is 4.62. The van der Waals surface area contributed by atoms with Crippen LogP contribution < -0.4 is 10.5 Å². The Kier molecular flexibility index (Phi) is 4.17. The maximum Gasteiger partial charge on any atom is 0.122 e. The van der Waals surface area contributed by atoms with E-state index in [9.17, 15) is 0 Å². The van der Waals surface area contributed by atoms with E-state index in [1.165, 1.54) is 5.56 Å². The number of hydrogen-bond donors (Lipinski definition) is 1. The van der Waals surface area contributed by atoms with Crippen LogP contribution in [0, 0.1) is 13.8 Å². The lowest BCUT2D eigenvalue weighted by atomic mass is 10.1. The third-order valence-corrected chi connectivity index (χ3v) is 3.19. The highest BCUT2D eigenvalue weighted by atomic mass is 32.1. The zero-order chi connectivity index (χ0) is 13.8. The van der Waals surface area contributed by atoms with Crippen LogP contribution in [0.2, 0.25) is 0 Å². The van der Waals surface area contributed by atoms with Gasteiger partial charge in [-0.2, -0.15) is 0 Å². The van der Waals surface area contributed by atoms with Crippen LogP contribution in [0.15, 0.2) is 42.5 Å². The number of thiocarbonyl (C=S) groups is 1. The first-order valence-corrected chi connectivity index (χ1v) is 6.56. The minimum atomic E-state index is 0.411. The van der Waals surface area contributed by atoms with Crippen molar-refractivity contribution in [1.29, 1.82) is 0 Å². The molecule has 2 aromatic rings. The second-order valence-corrected chi connectivity index (χ2v) is 5.06. The molecular weight excluding hydrogens is 254 g/mol.